The van der Waals surface area contributed by atoms with Gasteiger partial charge < -0.3 is 19.8 Å². The lowest BCUT2D eigenvalue weighted by Crippen LogP contribution is -2.32. The predicted molar refractivity (Wildman–Crippen MR) is 93.5 cm³/mol. The lowest BCUT2D eigenvalue weighted by atomic mass is 10.1. The first-order valence-corrected chi connectivity index (χ1v) is 8.79. The van der Waals surface area contributed by atoms with E-state index in [2.05, 4.69) is 15.7 Å². The van der Waals surface area contributed by atoms with Gasteiger partial charge in [0.15, 0.2) is 0 Å². The third-order valence-electron chi connectivity index (χ3n) is 4.51. The highest BCUT2D eigenvalue weighted by atomic mass is 16.5. The van der Waals surface area contributed by atoms with E-state index < -0.39 is 0 Å². The van der Waals surface area contributed by atoms with E-state index in [0.717, 1.165) is 37.5 Å². The van der Waals surface area contributed by atoms with E-state index in [4.69, 9.17) is 9.15 Å². The second-order valence-electron chi connectivity index (χ2n) is 6.44. The smallest absolute Gasteiger partial charge is 0.272 e. The van der Waals surface area contributed by atoms with Crippen LogP contribution in [0.2, 0.25) is 0 Å². The van der Waals surface area contributed by atoms with Crippen LogP contribution in [0.3, 0.4) is 0 Å². The fraction of sp³-hybridized carbons (Fsp3) is 0.556. The molecule has 0 aliphatic carbocycles. The standard InChI is InChI=1S/C18H26N4O3/c1-13-5-6-17(25-13)15(8-11-24-2)20-18(23)16-7-10-22(21-16)14-4-3-9-19-12-14/h5-7,10,14-15,19H,3-4,8-9,11-12H2,1-2H3,(H,20,23). The number of hydrogen-bond acceptors (Lipinski definition) is 5. The summed E-state index contributed by atoms with van der Waals surface area (Å²) in [5.41, 5.74) is 0.427. The Morgan fingerprint density at radius 3 is 3.08 bits per heavy atom. The molecule has 0 radical (unpaired) electrons. The van der Waals surface area contributed by atoms with Crippen molar-refractivity contribution in [1.29, 1.82) is 0 Å². The Morgan fingerprint density at radius 1 is 1.52 bits per heavy atom. The van der Waals surface area contributed by atoms with E-state index in [1.54, 1.807) is 13.2 Å². The molecule has 7 nitrogen and oxygen atoms in total. The molecular weight excluding hydrogens is 320 g/mol. The summed E-state index contributed by atoms with van der Waals surface area (Å²) in [5.74, 6) is 1.36. The number of rotatable bonds is 7. The molecule has 2 aromatic heterocycles. The van der Waals surface area contributed by atoms with Gasteiger partial charge in [-0.3, -0.25) is 9.48 Å². The number of hydrogen-bond donors (Lipinski definition) is 2. The van der Waals surface area contributed by atoms with Crippen molar-refractivity contribution in [2.45, 2.75) is 38.3 Å². The number of carbonyl (C=O) groups excluding carboxylic acids is 1. The Hall–Kier alpha value is -2.12. The van der Waals surface area contributed by atoms with Crippen LogP contribution in [0.1, 0.15) is 53.4 Å². The minimum Gasteiger partial charge on any atom is -0.464 e. The number of furan rings is 1. The number of nitrogens with one attached hydrogen (secondary N) is 2. The highest BCUT2D eigenvalue weighted by Crippen LogP contribution is 2.21. The summed E-state index contributed by atoms with van der Waals surface area (Å²) in [6.45, 7) is 4.37. The van der Waals surface area contributed by atoms with Gasteiger partial charge in [0.1, 0.15) is 17.2 Å². The summed E-state index contributed by atoms with van der Waals surface area (Å²) in [7, 11) is 1.64. The van der Waals surface area contributed by atoms with E-state index in [1.165, 1.54) is 0 Å². The molecule has 0 saturated carbocycles. The molecule has 2 atom stereocenters. The number of methoxy groups -OCH3 is 1. The van der Waals surface area contributed by atoms with Crippen molar-refractivity contribution in [2.75, 3.05) is 26.8 Å². The summed E-state index contributed by atoms with van der Waals surface area (Å²) < 4.78 is 12.7. The molecule has 1 aliphatic rings. The molecule has 25 heavy (non-hydrogen) atoms. The van der Waals surface area contributed by atoms with Gasteiger partial charge in [-0.05, 0) is 50.9 Å². The van der Waals surface area contributed by atoms with Crippen molar-refractivity contribution in [2.24, 2.45) is 0 Å². The van der Waals surface area contributed by atoms with E-state index in [9.17, 15) is 4.79 Å². The van der Waals surface area contributed by atoms with Crippen molar-refractivity contribution in [3.8, 4) is 0 Å². The van der Waals surface area contributed by atoms with Crippen LogP contribution in [0, 0.1) is 6.92 Å². The van der Waals surface area contributed by atoms with E-state index >= 15 is 0 Å². The topological polar surface area (TPSA) is 81.3 Å². The quantitative estimate of drug-likeness (QED) is 0.803. The van der Waals surface area contributed by atoms with E-state index in [-0.39, 0.29) is 11.9 Å². The molecule has 1 amide bonds. The van der Waals surface area contributed by atoms with Crippen LogP contribution in [-0.4, -0.2) is 42.5 Å². The maximum atomic E-state index is 12.6. The molecule has 1 aliphatic heterocycles. The van der Waals surface area contributed by atoms with E-state index in [0.29, 0.717) is 24.8 Å². The van der Waals surface area contributed by atoms with Gasteiger partial charge in [0.2, 0.25) is 0 Å². The van der Waals surface area contributed by atoms with Crippen LogP contribution < -0.4 is 10.6 Å². The largest absolute Gasteiger partial charge is 0.464 e. The third-order valence-corrected chi connectivity index (χ3v) is 4.51. The zero-order valence-corrected chi connectivity index (χ0v) is 14.8. The number of carbonyl (C=O) groups is 1. The Kier molecular flexibility index (Phi) is 5.88. The van der Waals surface area contributed by atoms with Crippen molar-refractivity contribution in [1.82, 2.24) is 20.4 Å². The number of aryl methyl sites for hydroxylation is 1. The Labute approximate surface area is 147 Å². The number of amides is 1. The second-order valence-corrected chi connectivity index (χ2v) is 6.44. The van der Waals surface area contributed by atoms with Crippen LogP contribution >= 0.6 is 0 Å². The fourth-order valence-corrected chi connectivity index (χ4v) is 3.12. The molecular formula is C18H26N4O3. The van der Waals surface area contributed by atoms with Gasteiger partial charge in [0.05, 0.1) is 12.1 Å². The normalized spacial score (nSPS) is 18.9. The van der Waals surface area contributed by atoms with Gasteiger partial charge in [-0.2, -0.15) is 5.10 Å². The summed E-state index contributed by atoms with van der Waals surface area (Å²) >= 11 is 0. The highest BCUT2D eigenvalue weighted by molar-refractivity contribution is 5.92. The molecule has 2 unspecified atom stereocenters. The molecule has 0 spiro atoms. The minimum absolute atomic E-state index is 0.197. The molecule has 0 bridgehead atoms. The van der Waals surface area contributed by atoms with Crippen molar-refractivity contribution >= 4 is 5.91 Å². The van der Waals surface area contributed by atoms with Gasteiger partial charge in [-0.15, -0.1) is 0 Å². The van der Waals surface area contributed by atoms with Gasteiger partial charge in [-0.1, -0.05) is 0 Å². The summed E-state index contributed by atoms with van der Waals surface area (Å²) in [6, 6.07) is 5.63. The Bertz CT molecular complexity index is 688. The number of nitrogens with zero attached hydrogens (tertiary/aromatic N) is 2. The predicted octanol–water partition coefficient (Wildman–Crippen LogP) is 2.22. The molecule has 0 aromatic carbocycles. The first kappa shape index (κ1) is 17.7. The van der Waals surface area contributed by atoms with Crippen molar-refractivity contribution in [3.05, 3.63) is 41.6 Å². The van der Waals surface area contributed by atoms with Crippen LogP contribution in [0.25, 0.3) is 0 Å². The summed E-state index contributed by atoms with van der Waals surface area (Å²) in [5, 5.41) is 10.8. The molecule has 2 N–H and O–H groups in total. The van der Waals surface area contributed by atoms with Crippen LogP contribution in [0.4, 0.5) is 0 Å². The monoisotopic (exact) mass is 346 g/mol. The first-order valence-electron chi connectivity index (χ1n) is 8.79. The first-order chi connectivity index (χ1) is 12.2. The van der Waals surface area contributed by atoms with Crippen LogP contribution in [0.5, 0.6) is 0 Å². The molecule has 1 saturated heterocycles. The van der Waals surface area contributed by atoms with E-state index in [1.807, 2.05) is 29.9 Å². The molecule has 2 aromatic rings. The molecule has 3 rings (SSSR count). The molecule has 1 fully saturated rings. The lowest BCUT2D eigenvalue weighted by molar-refractivity contribution is 0.0910. The molecule has 3 heterocycles. The average molecular weight is 346 g/mol. The SMILES string of the molecule is COCCC(NC(=O)c1ccn(C2CCCNC2)n1)c1ccc(C)o1. The second kappa shape index (κ2) is 8.31. The van der Waals surface area contributed by atoms with Gasteiger partial charge >= 0.3 is 0 Å². The maximum Gasteiger partial charge on any atom is 0.272 e. The Balaban J connectivity index is 1.67. The van der Waals surface area contributed by atoms with Gasteiger partial charge in [0.25, 0.3) is 5.91 Å². The number of ether oxygens (including phenoxy) is 1. The number of piperidine rings is 1. The zero-order valence-electron chi connectivity index (χ0n) is 14.8. The fourth-order valence-electron chi connectivity index (χ4n) is 3.12. The average Bonchev–Trinajstić information content (AvgIpc) is 3.28. The third kappa shape index (κ3) is 4.49. The van der Waals surface area contributed by atoms with Crippen molar-refractivity contribution in [3.63, 3.8) is 0 Å². The summed E-state index contributed by atoms with van der Waals surface area (Å²) in [4.78, 5) is 12.6. The maximum absolute atomic E-state index is 12.6. The summed E-state index contributed by atoms with van der Waals surface area (Å²) in [6.07, 6.45) is 4.73. The van der Waals surface area contributed by atoms with Gasteiger partial charge in [0, 0.05) is 26.5 Å². The Morgan fingerprint density at radius 2 is 2.40 bits per heavy atom. The molecule has 136 valence electrons. The number of aromatic nitrogens is 2. The van der Waals surface area contributed by atoms with Crippen molar-refractivity contribution < 1.29 is 13.9 Å². The van der Waals surface area contributed by atoms with Crippen LogP contribution in [0.15, 0.2) is 28.8 Å². The minimum atomic E-state index is -0.234. The highest BCUT2D eigenvalue weighted by Gasteiger charge is 2.22. The molecule has 7 heteroatoms. The van der Waals surface area contributed by atoms with Crippen LogP contribution in [-0.2, 0) is 4.74 Å². The lowest BCUT2D eigenvalue weighted by Gasteiger charge is -2.23. The van der Waals surface area contributed by atoms with Gasteiger partial charge in [-0.25, -0.2) is 0 Å². The zero-order chi connectivity index (χ0) is 17.6.